The van der Waals surface area contributed by atoms with Gasteiger partial charge in [0.15, 0.2) is 6.54 Å². The molecule has 0 heterocycles. The molecule has 2 N–H and O–H groups in total. The first kappa shape index (κ1) is 21.4. The van der Waals surface area contributed by atoms with Crippen molar-refractivity contribution in [3.63, 3.8) is 0 Å². The Morgan fingerprint density at radius 1 is 0.867 bits per heavy atom. The van der Waals surface area contributed by atoms with Gasteiger partial charge in [0.05, 0.1) is 20.2 Å². The number of nitrogens with one attached hydrogen (secondary N) is 2. The van der Waals surface area contributed by atoms with Crippen molar-refractivity contribution in [2.24, 2.45) is 0 Å². The normalized spacial score (nSPS) is 12.6. The van der Waals surface area contributed by atoms with E-state index in [0.29, 0.717) is 13.2 Å². The summed E-state index contributed by atoms with van der Waals surface area (Å²) < 4.78 is 11.0. The van der Waals surface area contributed by atoms with E-state index in [2.05, 4.69) is 5.32 Å². The highest BCUT2D eigenvalue weighted by molar-refractivity contribution is 5.77. The molecule has 5 nitrogen and oxygen atoms in total. The maximum Gasteiger partial charge on any atom is 0.275 e. The number of carbonyl (C=O) groups is 1. The zero-order valence-electron chi connectivity index (χ0n) is 17.5. The zero-order valence-corrected chi connectivity index (χ0v) is 17.5. The summed E-state index contributed by atoms with van der Waals surface area (Å²) in [6.07, 6.45) is 0. The van der Waals surface area contributed by atoms with Gasteiger partial charge in [-0.1, -0.05) is 60.7 Å². The van der Waals surface area contributed by atoms with Gasteiger partial charge in [-0.05, 0) is 35.4 Å². The number of rotatable bonds is 10. The summed E-state index contributed by atoms with van der Waals surface area (Å²) >= 11 is 0. The monoisotopic (exact) mass is 405 g/mol. The van der Waals surface area contributed by atoms with Crippen molar-refractivity contribution in [1.82, 2.24) is 5.32 Å². The second-order valence-electron chi connectivity index (χ2n) is 7.23. The molecular formula is C25H29N2O3+. The zero-order chi connectivity index (χ0) is 21.2. The minimum Gasteiger partial charge on any atom is -0.497 e. The van der Waals surface area contributed by atoms with Gasteiger partial charge in [0.2, 0.25) is 0 Å². The van der Waals surface area contributed by atoms with Crippen LogP contribution >= 0.6 is 0 Å². The predicted molar refractivity (Wildman–Crippen MR) is 118 cm³/mol. The lowest BCUT2D eigenvalue weighted by molar-refractivity contribution is -0.871. The molecule has 3 aromatic rings. The summed E-state index contributed by atoms with van der Waals surface area (Å²) in [7, 11) is 3.64. The maximum atomic E-state index is 12.8. The maximum absolute atomic E-state index is 12.8. The standard InChI is InChI=1S/C25H28N2O3/c1-27(17-18-30-23-11-7-4-8-12-23)19-24(28)26-25(20-9-5-3-6-10-20)21-13-15-22(29-2)16-14-21/h3-16,25H,17-19H2,1-2H3,(H,26,28)/p+1/t25-/m1/s1. The Morgan fingerprint density at radius 3 is 2.10 bits per heavy atom. The number of hydrogen-bond acceptors (Lipinski definition) is 3. The van der Waals surface area contributed by atoms with Crippen molar-refractivity contribution in [1.29, 1.82) is 0 Å². The number of quaternary nitrogens is 1. The number of benzene rings is 3. The first-order valence-corrected chi connectivity index (χ1v) is 10.1. The van der Waals surface area contributed by atoms with Crippen LogP contribution in [-0.4, -0.2) is 39.8 Å². The van der Waals surface area contributed by atoms with E-state index < -0.39 is 0 Å². The van der Waals surface area contributed by atoms with Gasteiger partial charge in [-0.2, -0.15) is 0 Å². The topological polar surface area (TPSA) is 52.0 Å². The average Bonchev–Trinajstić information content (AvgIpc) is 2.79. The Labute approximate surface area is 178 Å². The van der Waals surface area contributed by atoms with Gasteiger partial charge in [0.25, 0.3) is 5.91 Å². The van der Waals surface area contributed by atoms with Crippen LogP contribution in [0.5, 0.6) is 11.5 Å². The molecule has 1 unspecified atom stereocenters. The van der Waals surface area contributed by atoms with Crippen LogP contribution in [0.25, 0.3) is 0 Å². The minimum absolute atomic E-state index is 0.00289. The van der Waals surface area contributed by atoms with Crippen molar-refractivity contribution in [2.45, 2.75) is 6.04 Å². The number of ether oxygens (including phenoxy) is 2. The number of hydrogen-bond donors (Lipinski definition) is 2. The Kier molecular flexibility index (Phi) is 7.86. The quantitative estimate of drug-likeness (QED) is 0.545. The molecule has 1 amide bonds. The number of para-hydroxylation sites is 1. The Morgan fingerprint density at radius 2 is 1.47 bits per heavy atom. The molecule has 5 heteroatoms. The Bertz CT molecular complexity index is 899. The molecule has 0 bridgehead atoms. The lowest BCUT2D eigenvalue weighted by Gasteiger charge is -2.21. The molecule has 0 spiro atoms. The highest BCUT2D eigenvalue weighted by atomic mass is 16.5. The molecule has 3 rings (SSSR count). The highest BCUT2D eigenvalue weighted by Gasteiger charge is 2.19. The molecule has 2 atom stereocenters. The SMILES string of the molecule is COc1ccc([C@H](NC(=O)C[NH+](C)CCOc2ccccc2)c2ccccc2)cc1. The molecule has 30 heavy (non-hydrogen) atoms. The van der Waals surface area contributed by atoms with Gasteiger partial charge in [-0.25, -0.2) is 0 Å². The summed E-state index contributed by atoms with van der Waals surface area (Å²) in [5.74, 6) is 1.63. The predicted octanol–water partition coefficient (Wildman–Crippen LogP) is 2.49. The summed E-state index contributed by atoms with van der Waals surface area (Å²) in [6.45, 7) is 1.67. The molecular weight excluding hydrogens is 376 g/mol. The van der Waals surface area contributed by atoms with Gasteiger partial charge in [-0.15, -0.1) is 0 Å². The Hall–Kier alpha value is -3.31. The van der Waals surface area contributed by atoms with E-state index in [0.717, 1.165) is 34.1 Å². The third-order valence-corrected chi connectivity index (χ3v) is 4.89. The molecule has 3 aromatic carbocycles. The summed E-state index contributed by atoms with van der Waals surface area (Å²) in [6, 6.07) is 27.3. The molecule has 0 aliphatic rings. The first-order valence-electron chi connectivity index (χ1n) is 10.1. The molecule has 156 valence electrons. The largest absolute Gasteiger partial charge is 0.497 e. The van der Waals surface area contributed by atoms with E-state index in [1.54, 1.807) is 7.11 Å². The van der Waals surface area contributed by atoms with E-state index in [-0.39, 0.29) is 11.9 Å². The van der Waals surface area contributed by atoms with Gasteiger partial charge in [0.1, 0.15) is 24.7 Å². The Balaban J connectivity index is 1.58. The highest BCUT2D eigenvalue weighted by Crippen LogP contribution is 2.24. The first-order chi connectivity index (χ1) is 14.7. The van der Waals surface area contributed by atoms with Crippen LogP contribution in [0.1, 0.15) is 17.2 Å². The molecule has 0 saturated carbocycles. The third kappa shape index (κ3) is 6.36. The van der Waals surface area contributed by atoms with Crippen LogP contribution in [0.4, 0.5) is 0 Å². The van der Waals surface area contributed by atoms with E-state index >= 15 is 0 Å². The van der Waals surface area contributed by atoms with Crippen molar-refractivity contribution >= 4 is 5.91 Å². The van der Waals surface area contributed by atoms with E-state index in [4.69, 9.17) is 9.47 Å². The average molecular weight is 406 g/mol. The molecule has 0 aliphatic heterocycles. The second-order valence-corrected chi connectivity index (χ2v) is 7.23. The number of carbonyl (C=O) groups excluding carboxylic acids is 1. The van der Waals surface area contributed by atoms with Crippen LogP contribution < -0.4 is 19.7 Å². The molecule has 0 fully saturated rings. The fourth-order valence-corrected chi connectivity index (χ4v) is 3.24. The summed E-state index contributed by atoms with van der Waals surface area (Å²) in [4.78, 5) is 13.9. The third-order valence-electron chi connectivity index (χ3n) is 4.89. The van der Waals surface area contributed by atoms with Crippen LogP contribution in [0.2, 0.25) is 0 Å². The van der Waals surface area contributed by atoms with Gasteiger partial charge in [0, 0.05) is 0 Å². The summed E-state index contributed by atoms with van der Waals surface area (Å²) in [5.41, 5.74) is 2.06. The van der Waals surface area contributed by atoms with Crippen molar-refractivity contribution in [3.8, 4) is 11.5 Å². The van der Waals surface area contributed by atoms with Crippen LogP contribution in [0, 0.1) is 0 Å². The molecule has 0 radical (unpaired) electrons. The second kappa shape index (κ2) is 11.0. The van der Waals surface area contributed by atoms with E-state index in [1.807, 2.05) is 92.0 Å². The number of methoxy groups -OCH3 is 1. The minimum atomic E-state index is -0.210. The van der Waals surface area contributed by atoms with Crippen LogP contribution in [-0.2, 0) is 4.79 Å². The number of likely N-dealkylation sites (N-methyl/N-ethyl adjacent to an activating group) is 1. The van der Waals surface area contributed by atoms with E-state index in [1.165, 1.54) is 0 Å². The smallest absolute Gasteiger partial charge is 0.275 e. The number of amides is 1. The van der Waals surface area contributed by atoms with Crippen molar-refractivity contribution in [2.75, 3.05) is 33.9 Å². The fraction of sp³-hybridized carbons (Fsp3) is 0.240. The van der Waals surface area contributed by atoms with Gasteiger partial charge >= 0.3 is 0 Å². The van der Waals surface area contributed by atoms with Crippen molar-refractivity contribution in [3.05, 3.63) is 96.1 Å². The molecule has 0 aliphatic carbocycles. The fourth-order valence-electron chi connectivity index (χ4n) is 3.24. The van der Waals surface area contributed by atoms with Gasteiger partial charge < -0.3 is 19.7 Å². The molecule has 0 aromatic heterocycles. The van der Waals surface area contributed by atoms with E-state index in [9.17, 15) is 4.79 Å². The van der Waals surface area contributed by atoms with Gasteiger partial charge in [-0.3, -0.25) is 4.79 Å². The molecule has 0 saturated heterocycles. The van der Waals surface area contributed by atoms with Crippen molar-refractivity contribution < 1.29 is 19.2 Å². The lowest BCUT2D eigenvalue weighted by atomic mass is 9.98. The van der Waals surface area contributed by atoms with Crippen LogP contribution in [0.15, 0.2) is 84.9 Å². The van der Waals surface area contributed by atoms with Crippen LogP contribution in [0.3, 0.4) is 0 Å². The summed E-state index contributed by atoms with van der Waals surface area (Å²) in [5, 5.41) is 3.18. The lowest BCUT2D eigenvalue weighted by Crippen LogP contribution is -3.10.